The number of hydrogen-bond donors (Lipinski definition) is 3. The largest absolute Gasteiger partial charge is 0.396 e. The lowest BCUT2D eigenvalue weighted by Crippen LogP contribution is -2.23. The number of carbonyl (C=O) groups excluding carboxylic acids is 1. The standard InChI is InChI=1S/C25H38FN3O2.C3H5F.C2H6.C2H2/c1-6-20(4)19-28-23(8-3)24(27-16-12-10-9-11-13-17-30)14-15-25(31)29-21(5)18-22(26)7-2;1-2-3-4;2*1-2/h6-8,12,14,16,19-20,22,27,30H,1-2,5,9-11,13,15,17-18H2,3-4H3,(H,29,31);2-3H,1H3;1-2H3;1-2H/b16-12+,23-8+,24-14+,28-19?;3-2+;;. The predicted molar refractivity (Wildman–Crippen MR) is 166 cm³/mol. The Bertz CT molecular complexity index is 805. The van der Waals surface area contributed by atoms with Crippen molar-refractivity contribution in [3.05, 3.63) is 85.8 Å². The van der Waals surface area contributed by atoms with E-state index in [1.54, 1.807) is 25.3 Å². The van der Waals surface area contributed by atoms with Gasteiger partial charge < -0.3 is 15.7 Å². The SMILES string of the molecule is C#C.C/C=C/F.C=CC(C)C=NC(=C/C)/C(=C\CC(=O)NC(=C)CC(F)C=C)N/C=C/CCCCCO.CC. The average molecular weight is 548 g/mol. The molecular formula is C32H51F2N3O2. The molecule has 3 N–H and O–H groups in total. The number of nitrogens with zero attached hydrogens (tertiary/aromatic N) is 1. The number of amides is 1. The van der Waals surface area contributed by atoms with Crippen molar-refractivity contribution in [1.82, 2.24) is 10.6 Å². The van der Waals surface area contributed by atoms with Crippen molar-refractivity contribution in [3.8, 4) is 12.8 Å². The van der Waals surface area contributed by atoms with Crippen LogP contribution in [-0.4, -0.2) is 30.0 Å². The molecule has 0 bridgehead atoms. The Morgan fingerprint density at radius 2 is 1.74 bits per heavy atom. The smallest absolute Gasteiger partial charge is 0.227 e. The summed E-state index contributed by atoms with van der Waals surface area (Å²) in [6, 6.07) is 0. The van der Waals surface area contributed by atoms with Gasteiger partial charge in [-0.1, -0.05) is 64.2 Å². The lowest BCUT2D eigenvalue weighted by atomic mass is 10.2. The van der Waals surface area contributed by atoms with Crippen molar-refractivity contribution in [2.24, 2.45) is 10.9 Å². The summed E-state index contributed by atoms with van der Waals surface area (Å²) in [4.78, 5) is 16.7. The minimum absolute atomic E-state index is 0.00687. The number of rotatable bonds is 17. The third-order valence-electron chi connectivity index (χ3n) is 4.39. The lowest BCUT2D eigenvalue weighted by molar-refractivity contribution is -0.119. The second-order valence-electron chi connectivity index (χ2n) is 7.56. The molecule has 5 nitrogen and oxygen atoms in total. The first kappa shape index (κ1) is 42.6. The molecule has 0 aliphatic carbocycles. The number of aliphatic hydroxyl groups is 1. The molecule has 0 saturated heterocycles. The van der Waals surface area contributed by atoms with Crippen molar-refractivity contribution in [1.29, 1.82) is 0 Å². The van der Waals surface area contributed by atoms with E-state index in [-0.39, 0.29) is 31.3 Å². The molecule has 1 amide bonds. The molecule has 0 aromatic heterocycles. The zero-order valence-electron chi connectivity index (χ0n) is 24.6. The van der Waals surface area contributed by atoms with Crippen LogP contribution in [0.15, 0.2) is 90.8 Å². The topological polar surface area (TPSA) is 73.7 Å². The van der Waals surface area contributed by atoms with E-state index in [1.165, 1.54) is 12.2 Å². The van der Waals surface area contributed by atoms with Crippen LogP contribution in [0.2, 0.25) is 0 Å². The fraction of sp³-hybridized carbons (Fsp3) is 0.438. The molecule has 2 atom stereocenters. The summed E-state index contributed by atoms with van der Waals surface area (Å²) < 4.78 is 23.9. The first-order valence-electron chi connectivity index (χ1n) is 13.1. The lowest BCUT2D eigenvalue weighted by Gasteiger charge is -2.11. The number of halogens is 2. The molecule has 39 heavy (non-hydrogen) atoms. The van der Waals surface area contributed by atoms with E-state index < -0.39 is 6.17 Å². The highest BCUT2D eigenvalue weighted by Gasteiger charge is 2.08. The van der Waals surface area contributed by atoms with Crippen molar-refractivity contribution in [2.75, 3.05) is 6.61 Å². The second-order valence-corrected chi connectivity index (χ2v) is 7.56. The van der Waals surface area contributed by atoms with Gasteiger partial charge in [-0.15, -0.1) is 26.0 Å². The molecule has 0 rings (SSSR count). The maximum atomic E-state index is 13.3. The summed E-state index contributed by atoms with van der Waals surface area (Å²) in [6.45, 7) is 20.5. The van der Waals surface area contributed by atoms with Crippen LogP contribution >= 0.6 is 0 Å². The van der Waals surface area contributed by atoms with E-state index in [9.17, 15) is 13.6 Å². The number of nitrogens with one attached hydrogen (secondary N) is 2. The Kier molecular flexibility index (Phi) is 37.7. The molecule has 0 aromatic rings. The highest BCUT2D eigenvalue weighted by atomic mass is 19.1. The summed E-state index contributed by atoms with van der Waals surface area (Å²) in [5.41, 5.74) is 1.70. The van der Waals surface area contributed by atoms with Gasteiger partial charge in [0.05, 0.1) is 17.7 Å². The van der Waals surface area contributed by atoms with Crippen LogP contribution in [0.1, 0.15) is 73.1 Å². The van der Waals surface area contributed by atoms with E-state index in [1.807, 2.05) is 46.0 Å². The zero-order valence-corrected chi connectivity index (χ0v) is 24.6. The molecular weight excluding hydrogens is 496 g/mol. The van der Waals surface area contributed by atoms with Gasteiger partial charge in [0.1, 0.15) is 6.17 Å². The van der Waals surface area contributed by atoms with Crippen LogP contribution in [0.4, 0.5) is 8.78 Å². The number of carbonyl (C=O) groups is 1. The quantitative estimate of drug-likeness (QED) is 0.0567. The van der Waals surface area contributed by atoms with E-state index >= 15 is 0 Å². The number of allylic oxidation sites excluding steroid dienone is 6. The molecule has 7 heteroatoms. The van der Waals surface area contributed by atoms with Gasteiger partial charge >= 0.3 is 0 Å². The monoisotopic (exact) mass is 547 g/mol. The Balaban J connectivity index is -0.000000681. The number of unbranched alkanes of at least 4 members (excludes halogenated alkanes) is 3. The summed E-state index contributed by atoms with van der Waals surface area (Å²) in [5.74, 6) is -0.171. The summed E-state index contributed by atoms with van der Waals surface area (Å²) in [5, 5.41) is 14.6. The first-order valence-corrected chi connectivity index (χ1v) is 13.1. The van der Waals surface area contributed by atoms with Crippen molar-refractivity contribution in [3.63, 3.8) is 0 Å². The number of hydrogen-bond acceptors (Lipinski definition) is 4. The van der Waals surface area contributed by atoms with Crippen LogP contribution in [-0.2, 0) is 4.79 Å². The van der Waals surface area contributed by atoms with Crippen molar-refractivity contribution in [2.45, 2.75) is 79.3 Å². The molecule has 0 aliphatic rings. The molecule has 0 spiro atoms. The van der Waals surface area contributed by atoms with Crippen LogP contribution < -0.4 is 10.6 Å². The Hall–Kier alpha value is -3.50. The van der Waals surface area contributed by atoms with Gasteiger partial charge in [-0.3, -0.25) is 9.79 Å². The number of alkyl halides is 1. The number of terminal acetylenes is 1. The molecule has 0 radical (unpaired) electrons. The number of aliphatic imine (C=N–C) groups is 1. The Morgan fingerprint density at radius 3 is 2.23 bits per heavy atom. The molecule has 0 heterocycles. The second kappa shape index (κ2) is 34.5. The van der Waals surface area contributed by atoms with Crippen LogP contribution in [0.5, 0.6) is 0 Å². The predicted octanol–water partition coefficient (Wildman–Crippen LogP) is 8.02. The van der Waals surface area contributed by atoms with Crippen molar-refractivity contribution >= 4 is 12.1 Å². The Labute approximate surface area is 237 Å². The fourth-order valence-electron chi connectivity index (χ4n) is 2.39. The fourth-order valence-corrected chi connectivity index (χ4v) is 2.39. The van der Waals surface area contributed by atoms with E-state index in [0.717, 1.165) is 25.7 Å². The van der Waals surface area contributed by atoms with Gasteiger partial charge in [0.25, 0.3) is 0 Å². The highest BCUT2D eigenvalue weighted by molar-refractivity contribution is 5.79. The minimum Gasteiger partial charge on any atom is -0.396 e. The molecule has 2 unspecified atom stereocenters. The van der Waals surface area contributed by atoms with Gasteiger partial charge in [-0.2, -0.15) is 0 Å². The van der Waals surface area contributed by atoms with Crippen LogP contribution in [0.3, 0.4) is 0 Å². The van der Waals surface area contributed by atoms with Gasteiger partial charge in [-0.05, 0) is 45.4 Å². The highest BCUT2D eigenvalue weighted by Crippen LogP contribution is 2.12. The first-order chi connectivity index (χ1) is 18.8. The summed E-state index contributed by atoms with van der Waals surface area (Å²) in [6.07, 6.45) is 24.5. The molecule has 0 saturated carbocycles. The third-order valence-corrected chi connectivity index (χ3v) is 4.39. The molecule has 220 valence electrons. The maximum Gasteiger partial charge on any atom is 0.227 e. The minimum atomic E-state index is -1.24. The Morgan fingerprint density at radius 1 is 1.13 bits per heavy atom. The van der Waals surface area contributed by atoms with Crippen LogP contribution in [0, 0.1) is 18.8 Å². The third kappa shape index (κ3) is 30.6. The van der Waals surface area contributed by atoms with Gasteiger partial charge in [0.15, 0.2) is 0 Å². The van der Waals surface area contributed by atoms with E-state index in [0.29, 0.717) is 23.4 Å². The number of aliphatic hydroxyl groups excluding tert-OH is 1. The van der Waals surface area contributed by atoms with Gasteiger partial charge in [0.2, 0.25) is 5.91 Å². The summed E-state index contributed by atoms with van der Waals surface area (Å²) >= 11 is 0. The molecule has 0 aliphatic heterocycles. The van der Waals surface area contributed by atoms with Crippen molar-refractivity contribution < 1.29 is 18.7 Å². The zero-order chi connectivity index (χ0) is 30.9. The van der Waals surface area contributed by atoms with E-state index in [2.05, 4.69) is 48.2 Å². The molecule has 0 fully saturated rings. The normalized spacial score (nSPS) is 12.7. The van der Waals surface area contributed by atoms with Crippen LogP contribution in [0.25, 0.3) is 0 Å². The van der Waals surface area contributed by atoms with E-state index in [4.69, 9.17) is 5.11 Å². The average Bonchev–Trinajstić information content (AvgIpc) is 2.96. The van der Waals surface area contributed by atoms with Gasteiger partial charge in [0, 0.05) is 37.3 Å². The maximum absolute atomic E-state index is 13.3. The summed E-state index contributed by atoms with van der Waals surface area (Å²) in [7, 11) is 0. The van der Waals surface area contributed by atoms with Gasteiger partial charge in [-0.25, -0.2) is 8.78 Å². The molecule has 0 aromatic carbocycles.